The molecule has 2 aromatic rings. The summed E-state index contributed by atoms with van der Waals surface area (Å²) in [5.74, 6) is 0.679. The van der Waals surface area contributed by atoms with E-state index in [9.17, 15) is 0 Å². The summed E-state index contributed by atoms with van der Waals surface area (Å²) in [6.45, 7) is 8.42. The number of hydrogen-bond acceptors (Lipinski definition) is 3. The van der Waals surface area contributed by atoms with E-state index >= 15 is 0 Å². The zero-order valence-electron chi connectivity index (χ0n) is 15.6. The molecule has 1 heterocycles. The van der Waals surface area contributed by atoms with Crippen molar-refractivity contribution in [1.29, 1.82) is 0 Å². The number of unbranched alkanes of at least 4 members (excludes halogenated alkanes) is 1. The highest BCUT2D eigenvalue weighted by atomic mass is 16.7. The summed E-state index contributed by atoms with van der Waals surface area (Å²) in [4.78, 5) is 4.81. The van der Waals surface area contributed by atoms with Gasteiger partial charge in [-0.1, -0.05) is 49.7 Å². The quantitative estimate of drug-likeness (QED) is 0.702. The molecule has 0 aliphatic carbocycles. The van der Waals surface area contributed by atoms with Gasteiger partial charge in [0, 0.05) is 17.5 Å². The van der Waals surface area contributed by atoms with E-state index in [0.717, 1.165) is 36.1 Å². The molecule has 0 bridgehead atoms. The molecule has 0 fully saturated rings. The van der Waals surface area contributed by atoms with Crippen molar-refractivity contribution in [3.8, 4) is 5.75 Å². The van der Waals surface area contributed by atoms with E-state index in [4.69, 9.17) is 14.5 Å². The Morgan fingerprint density at radius 1 is 1.00 bits per heavy atom. The largest absolute Gasteiger partial charge is 0.448 e. The lowest BCUT2D eigenvalue weighted by atomic mass is 9.97. The van der Waals surface area contributed by atoms with E-state index in [2.05, 4.69) is 39.8 Å². The summed E-state index contributed by atoms with van der Waals surface area (Å²) in [5.41, 5.74) is 1.88. The Hall–Kier alpha value is -2.29. The van der Waals surface area contributed by atoms with Gasteiger partial charge in [0.2, 0.25) is 5.90 Å². The second kappa shape index (κ2) is 6.91. The summed E-state index contributed by atoms with van der Waals surface area (Å²) in [5, 5.41) is 0. The molecule has 0 saturated heterocycles. The average molecular weight is 337 g/mol. The SMILES string of the molecule is CCCCC1(Oc2ccccc2)OC(=NC(C)(C)C)c2ccccc21. The fraction of sp³-hybridized carbons (Fsp3) is 0.409. The number of nitrogens with zero attached hydrogens (tertiary/aromatic N) is 1. The summed E-state index contributed by atoms with van der Waals surface area (Å²) in [7, 11) is 0. The number of benzene rings is 2. The van der Waals surface area contributed by atoms with Crippen LogP contribution in [0.1, 0.15) is 58.1 Å². The lowest BCUT2D eigenvalue weighted by molar-refractivity contribution is -0.130. The zero-order chi connectivity index (χ0) is 17.9. The van der Waals surface area contributed by atoms with Crippen LogP contribution < -0.4 is 4.74 Å². The first-order chi connectivity index (χ1) is 11.9. The monoisotopic (exact) mass is 337 g/mol. The van der Waals surface area contributed by atoms with Gasteiger partial charge in [0.1, 0.15) is 5.75 Å². The first kappa shape index (κ1) is 17.5. The number of hydrogen-bond donors (Lipinski definition) is 0. The van der Waals surface area contributed by atoms with Gasteiger partial charge in [-0.25, -0.2) is 4.99 Å². The Labute approximate surface area is 150 Å². The highest BCUT2D eigenvalue weighted by Gasteiger charge is 2.46. The zero-order valence-corrected chi connectivity index (χ0v) is 15.6. The molecule has 1 unspecified atom stereocenters. The Balaban J connectivity index is 2.07. The molecule has 3 nitrogen and oxygen atoms in total. The standard InChI is InChI=1S/C22H27NO2/c1-5-6-16-22(24-17-12-8-7-9-13-17)19-15-11-10-14-18(19)20(25-22)23-21(2,3)4/h7-15H,5-6,16H2,1-4H3. The van der Waals surface area contributed by atoms with Gasteiger partial charge >= 0.3 is 0 Å². The van der Waals surface area contributed by atoms with Crippen molar-refractivity contribution in [2.45, 2.75) is 58.3 Å². The third-order valence-electron chi connectivity index (χ3n) is 4.15. The molecule has 0 aromatic heterocycles. The van der Waals surface area contributed by atoms with Gasteiger partial charge in [0.25, 0.3) is 5.79 Å². The van der Waals surface area contributed by atoms with Crippen LogP contribution >= 0.6 is 0 Å². The summed E-state index contributed by atoms with van der Waals surface area (Å²) < 4.78 is 12.9. The molecule has 132 valence electrons. The second-order valence-electron chi connectivity index (χ2n) is 7.51. The maximum atomic E-state index is 6.43. The van der Waals surface area contributed by atoms with Crippen molar-refractivity contribution in [1.82, 2.24) is 0 Å². The molecule has 0 spiro atoms. The third-order valence-corrected chi connectivity index (χ3v) is 4.15. The van der Waals surface area contributed by atoms with Gasteiger partial charge < -0.3 is 9.47 Å². The predicted molar refractivity (Wildman–Crippen MR) is 102 cm³/mol. The summed E-state index contributed by atoms with van der Waals surface area (Å²) >= 11 is 0. The fourth-order valence-corrected chi connectivity index (χ4v) is 3.06. The van der Waals surface area contributed by atoms with Crippen LogP contribution in [0.5, 0.6) is 5.75 Å². The van der Waals surface area contributed by atoms with Crippen LogP contribution in [0, 0.1) is 0 Å². The Morgan fingerprint density at radius 3 is 2.36 bits per heavy atom. The minimum atomic E-state index is -0.807. The molecule has 0 amide bonds. The average Bonchev–Trinajstić information content (AvgIpc) is 2.87. The maximum absolute atomic E-state index is 6.43. The molecular formula is C22H27NO2. The molecule has 0 saturated carbocycles. The van der Waals surface area contributed by atoms with E-state index in [1.165, 1.54) is 0 Å². The molecule has 1 atom stereocenters. The van der Waals surface area contributed by atoms with Gasteiger partial charge in [-0.05, 0) is 45.4 Å². The van der Waals surface area contributed by atoms with Crippen molar-refractivity contribution < 1.29 is 9.47 Å². The molecular weight excluding hydrogens is 310 g/mol. The van der Waals surface area contributed by atoms with Crippen LogP contribution in [0.3, 0.4) is 0 Å². The highest BCUT2D eigenvalue weighted by molar-refractivity contribution is 5.99. The van der Waals surface area contributed by atoms with Crippen molar-refractivity contribution in [3.05, 3.63) is 65.7 Å². The third kappa shape index (κ3) is 3.87. The van der Waals surface area contributed by atoms with E-state index < -0.39 is 5.79 Å². The molecule has 3 rings (SSSR count). The van der Waals surface area contributed by atoms with Crippen molar-refractivity contribution >= 4 is 5.90 Å². The first-order valence-corrected chi connectivity index (χ1v) is 9.06. The number of rotatable bonds is 5. The smallest absolute Gasteiger partial charge is 0.280 e. The predicted octanol–water partition coefficient (Wildman–Crippen LogP) is 5.68. The molecule has 1 aliphatic heterocycles. The van der Waals surface area contributed by atoms with Crippen LogP contribution in [0.4, 0.5) is 0 Å². The number of aliphatic imine (C=N–C) groups is 1. The summed E-state index contributed by atoms with van der Waals surface area (Å²) in [6, 6.07) is 18.1. The van der Waals surface area contributed by atoms with Crippen LogP contribution in [0.15, 0.2) is 59.6 Å². The van der Waals surface area contributed by atoms with Crippen LogP contribution in [0.2, 0.25) is 0 Å². The lowest BCUT2D eigenvalue weighted by Crippen LogP contribution is -2.33. The van der Waals surface area contributed by atoms with Crippen molar-refractivity contribution in [3.63, 3.8) is 0 Å². The topological polar surface area (TPSA) is 30.8 Å². The molecule has 1 aliphatic rings. The number of para-hydroxylation sites is 1. The number of fused-ring (bicyclic) bond motifs is 1. The highest BCUT2D eigenvalue weighted by Crippen LogP contribution is 2.42. The minimum Gasteiger partial charge on any atom is -0.448 e. The van der Waals surface area contributed by atoms with E-state index in [0.29, 0.717) is 5.90 Å². The Morgan fingerprint density at radius 2 is 1.68 bits per heavy atom. The molecule has 25 heavy (non-hydrogen) atoms. The van der Waals surface area contributed by atoms with E-state index in [1.54, 1.807) is 0 Å². The fourth-order valence-electron chi connectivity index (χ4n) is 3.06. The Bertz CT molecular complexity index is 746. The molecule has 0 N–H and O–H groups in total. The summed E-state index contributed by atoms with van der Waals surface area (Å²) in [6.07, 6.45) is 2.89. The lowest BCUT2D eigenvalue weighted by Gasteiger charge is -2.30. The maximum Gasteiger partial charge on any atom is 0.280 e. The normalized spacial score (nSPS) is 21.0. The molecule has 2 aromatic carbocycles. The molecule has 3 heteroatoms. The van der Waals surface area contributed by atoms with Gasteiger partial charge in [-0.3, -0.25) is 0 Å². The molecule has 0 radical (unpaired) electrons. The van der Waals surface area contributed by atoms with Crippen LogP contribution in [0.25, 0.3) is 0 Å². The minimum absolute atomic E-state index is 0.212. The van der Waals surface area contributed by atoms with E-state index in [1.807, 2.05) is 42.5 Å². The van der Waals surface area contributed by atoms with Gasteiger partial charge in [0.15, 0.2) is 0 Å². The van der Waals surface area contributed by atoms with Gasteiger partial charge in [0.05, 0.1) is 5.54 Å². The number of ether oxygens (including phenoxy) is 2. The second-order valence-corrected chi connectivity index (χ2v) is 7.51. The van der Waals surface area contributed by atoms with Crippen LogP contribution in [-0.4, -0.2) is 11.4 Å². The van der Waals surface area contributed by atoms with E-state index in [-0.39, 0.29) is 5.54 Å². The van der Waals surface area contributed by atoms with Gasteiger partial charge in [-0.2, -0.15) is 0 Å². The van der Waals surface area contributed by atoms with Crippen LogP contribution in [-0.2, 0) is 10.5 Å². The first-order valence-electron chi connectivity index (χ1n) is 9.06. The van der Waals surface area contributed by atoms with Gasteiger partial charge in [-0.15, -0.1) is 0 Å². The Kier molecular flexibility index (Phi) is 4.85. The van der Waals surface area contributed by atoms with Crippen molar-refractivity contribution in [2.75, 3.05) is 0 Å². The van der Waals surface area contributed by atoms with Crippen molar-refractivity contribution in [2.24, 2.45) is 4.99 Å².